The molecule has 0 saturated carbocycles. The van der Waals surface area contributed by atoms with Gasteiger partial charge in [-0.05, 0) is 62.1 Å². The van der Waals surface area contributed by atoms with E-state index in [1.807, 2.05) is 69.3 Å². The van der Waals surface area contributed by atoms with E-state index in [0.29, 0.717) is 5.69 Å². The molecule has 3 rings (SSSR count). The van der Waals surface area contributed by atoms with Crippen LogP contribution in [0, 0.1) is 20.8 Å². The molecule has 1 unspecified atom stereocenters. The molecule has 0 aliphatic rings. The number of hydrogen-bond acceptors (Lipinski definition) is 3. The average Bonchev–Trinajstić information content (AvgIpc) is 2.72. The summed E-state index contributed by atoms with van der Waals surface area (Å²) in [6.45, 7) is 5.78. The third-order valence-corrected chi connectivity index (χ3v) is 6.58. The highest BCUT2D eigenvalue weighted by Gasteiger charge is 2.26. The second-order valence-corrected chi connectivity index (χ2v) is 9.13. The number of amides is 1. The number of aryl methyl sites for hydroxylation is 2. The minimum atomic E-state index is -3.86. The number of anilines is 1. The fourth-order valence-electron chi connectivity index (χ4n) is 3.12. The third-order valence-electron chi connectivity index (χ3n) is 5.09. The summed E-state index contributed by atoms with van der Waals surface area (Å²) in [7, 11) is -3.86. The lowest BCUT2D eigenvalue weighted by atomic mass is 10.0. The Morgan fingerprint density at radius 3 is 2.20 bits per heavy atom. The van der Waals surface area contributed by atoms with E-state index in [2.05, 4.69) is 10.0 Å². The van der Waals surface area contributed by atoms with Gasteiger partial charge in [-0.1, -0.05) is 60.2 Å². The fourth-order valence-corrected chi connectivity index (χ4v) is 4.31. The van der Waals surface area contributed by atoms with E-state index >= 15 is 0 Å². The van der Waals surface area contributed by atoms with Crippen molar-refractivity contribution in [1.29, 1.82) is 0 Å². The molecule has 6 heteroatoms. The lowest BCUT2D eigenvalue weighted by Gasteiger charge is -2.20. The van der Waals surface area contributed by atoms with Gasteiger partial charge in [0.25, 0.3) is 0 Å². The van der Waals surface area contributed by atoms with Crippen LogP contribution < -0.4 is 10.0 Å². The largest absolute Gasteiger partial charge is 0.324 e. The molecule has 0 heterocycles. The van der Waals surface area contributed by atoms with Crippen LogP contribution in [0.1, 0.15) is 22.3 Å². The van der Waals surface area contributed by atoms with Crippen LogP contribution >= 0.6 is 0 Å². The molecule has 0 radical (unpaired) electrons. The minimum Gasteiger partial charge on any atom is -0.324 e. The number of hydrogen-bond donors (Lipinski definition) is 2. The van der Waals surface area contributed by atoms with Gasteiger partial charge in [-0.3, -0.25) is 4.79 Å². The summed E-state index contributed by atoms with van der Waals surface area (Å²) >= 11 is 0. The SMILES string of the molecule is Cc1ccc(S(=O)(=O)NC(Cc2ccccc2)C(=O)Nc2cccc(C)c2C)cc1. The molecule has 30 heavy (non-hydrogen) atoms. The summed E-state index contributed by atoms with van der Waals surface area (Å²) in [6, 6.07) is 20.6. The number of benzene rings is 3. The maximum atomic E-state index is 13.1. The van der Waals surface area contributed by atoms with Gasteiger partial charge in [0.1, 0.15) is 6.04 Å². The number of carbonyl (C=O) groups is 1. The summed E-state index contributed by atoms with van der Waals surface area (Å²) in [5.41, 5.74) is 4.50. The molecule has 156 valence electrons. The zero-order valence-electron chi connectivity index (χ0n) is 17.3. The molecule has 3 aromatic carbocycles. The highest BCUT2D eigenvalue weighted by Crippen LogP contribution is 2.19. The van der Waals surface area contributed by atoms with Crippen molar-refractivity contribution in [3.05, 3.63) is 95.1 Å². The van der Waals surface area contributed by atoms with Crippen molar-refractivity contribution in [1.82, 2.24) is 4.72 Å². The van der Waals surface area contributed by atoms with Crippen LogP contribution in [0.15, 0.2) is 77.7 Å². The van der Waals surface area contributed by atoms with E-state index < -0.39 is 22.0 Å². The molecule has 0 saturated heterocycles. The molecule has 0 spiro atoms. The summed E-state index contributed by atoms with van der Waals surface area (Å²) in [5, 5.41) is 2.89. The summed E-state index contributed by atoms with van der Waals surface area (Å²) < 4.78 is 28.5. The lowest BCUT2D eigenvalue weighted by molar-refractivity contribution is -0.117. The number of sulfonamides is 1. The number of nitrogens with one attached hydrogen (secondary N) is 2. The van der Waals surface area contributed by atoms with Crippen molar-refractivity contribution >= 4 is 21.6 Å². The van der Waals surface area contributed by atoms with E-state index in [-0.39, 0.29) is 11.3 Å². The van der Waals surface area contributed by atoms with Crippen LogP contribution in [-0.2, 0) is 21.2 Å². The molecule has 0 bridgehead atoms. The van der Waals surface area contributed by atoms with Gasteiger partial charge in [-0.2, -0.15) is 4.72 Å². The molecule has 5 nitrogen and oxygen atoms in total. The van der Waals surface area contributed by atoms with Crippen molar-refractivity contribution in [2.24, 2.45) is 0 Å². The molecule has 2 N–H and O–H groups in total. The Balaban J connectivity index is 1.88. The Morgan fingerprint density at radius 2 is 1.53 bits per heavy atom. The number of carbonyl (C=O) groups excluding carboxylic acids is 1. The Bertz CT molecular complexity index is 1120. The Kier molecular flexibility index (Phi) is 6.70. The summed E-state index contributed by atoms with van der Waals surface area (Å²) in [6.07, 6.45) is 0.239. The van der Waals surface area contributed by atoms with Crippen LogP contribution in [0.2, 0.25) is 0 Å². The van der Waals surface area contributed by atoms with Crippen molar-refractivity contribution in [3.8, 4) is 0 Å². The van der Waals surface area contributed by atoms with Gasteiger partial charge in [0, 0.05) is 5.69 Å². The Hall–Kier alpha value is -2.96. The van der Waals surface area contributed by atoms with Gasteiger partial charge in [0.2, 0.25) is 15.9 Å². The van der Waals surface area contributed by atoms with Crippen molar-refractivity contribution in [2.75, 3.05) is 5.32 Å². The second-order valence-electron chi connectivity index (χ2n) is 7.41. The molecule has 0 aliphatic heterocycles. The van der Waals surface area contributed by atoms with Gasteiger partial charge in [-0.25, -0.2) is 8.42 Å². The first-order valence-electron chi connectivity index (χ1n) is 9.76. The summed E-state index contributed by atoms with van der Waals surface area (Å²) in [4.78, 5) is 13.2. The molecule has 0 aliphatic carbocycles. The zero-order chi connectivity index (χ0) is 21.7. The minimum absolute atomic E-state index is 0.130. The van der Waals surface area contributed by atoms with Gasteiger partial charge in [0.05, 0.1) is 4.90 Å². The number of rotatable bonds is 7. The van der Waals surface area contributed by atoms with Crippen LogP contribution in [0.5, 0.6) is 0 Å². The molecule has 0 aromatic heterocycles. The monoisotopic (exact) mass is 422 g/mol. The van der Waals surface area contributed by atoms with Gasteiger partial charge < -0.3 is 5.32 Å². The van der Waals surface area contributed by atoms with Gasteiger partial charge >= 0.3 is 0 Å². The first kappa shape index (κ1) is 21.7. The molecule has 1 amide bonds. The Morgan fingerprint density at radius 1 is 0.867 bits per heavy atom. The fraction of sp³-hybridized carbons (Fsp3) is 0.208. The van der Waals surface area contributed by atoms with E-state index in [1.165, 1.54) is 0 Å². The first-order valence-corrected chi connectivity index (χ1v) is 11.2. The van der Waals surface area contributed by atoms with E-state index in [4.69, 9.17) is 0 Å². The first-order chi connectivity index (χ1) is 14.3. The van der Waals surface area contributed by atoms with Crippen LogP contribution in [-0.4, -0.2) is 20.4 Å². The average molecular weight is 423 g/mol. The van der Waals surface area contributed by atoms with Crippen molar-refractivity contribution in [3.63, 3.8) is 0 Å². The topological polar surface area (TPSA) is 75.3 Å². The van der Waals surface area contributed by atoms with E-state index in [0.717, 1.165) is 22.3 Å². The Labute approximate surface area is 178 Å². The lowest BCUT2D eigenvalue weighted by Crippen LogP contribution is -2.45. The van der Waals surface area contributed by atoms with E-state index in [1.54, 1.807) is 24.3 Å². The second kappa shape index (κ2) is 9.24. The highest BCUT2D eigenvalue weighted by atomic mass is 32.2. The smallest absolute Gasteiger partial charge is 0.242 e. The maximum Gasteiger partial charge on any atom is 0.242 e. The van der Waals surface area contributed by atoms with E-state index in [9.17, 15) is 13.2 Å². The summed E-state index contributed by atoms with van der Waals surface area (Å²) in [5.74, 6) is -0.400. The molecule has 3 aromatic rings. The van der Waals surface area contributed by atoms with Crippen LogP contribution in [0.3, 0.4) is 0 Å². The zero-order valence-corrected chi connectivity index (χ0v) is 18.2. The molecular formula is C24H26N2O3S. The normalized spacial score (nSPS) is 12.4. The van der Waals surface area contributed by atoms with Gasteiger partial charge in [-0.15, -0.1) is 0 Å². The van der Waals surface area contributed by atoms with Gasteiger partial charge in [0.15, 0.2) is 0 Å². The van der Waals surface area contributed by atoms with Crippen LogP contribution in [0.25, 0.3) is 0 Å². The maximum absolute atomic E-state index is 13.1. The molecule has 1 atom stereocenters. The van der Waals surface area contributed by atoms with Crippen molar-refractivity contribution < 1.29 is 13.2 Å². The van der Waals surface area contributed by atoms with Crippen LogP contribution in [0.4, 0.5) is 5.69 Å². The third kappa shape index (κ3) is 5.34. The quantitative estimate of drug-likeness (QED) is 0.601. The predicted molar refractivity (Wildman–Crippen MR) is 120 cm³/mol. The highest BCUT2D eigenvalue weighted by molar-refractivity contribution is 7.89. The van der Waals surface area contributed by atoms with Crippen molar-refractivity contribution in [2.45, 2.75) is 38.1 Å². The molecule has 0 fully saturated rings. The molecular weight excluding hydrogens is 396 g/mol. The standard InChI is InChI=1S/C24H26N2O3S/c1-17-12-14-21(15-13-17)30(28,29)26-23(16-20-9-5-4-6-10-20)24(27)25-22-11-7-8-18(2)19(22)3/h4-15,23,26H,16H2,1-3H3,(H,25,27). The predicted octanol–water partition coefficient (Wildman–Crippen LogP) is 4.14.